The lowest BCUT2D eigenvalue weighted by molar-refractivity contribution is 0.0586. The number of carbonyl (C=O) groups excluding carboxylic acids is 2. The molecule has 0 bridgehead atoms. The first kappa shape index (κ1) is 27.3. The lowest BCUT2D eigenvalue weighted by Gasteiger charge is -2.08. The fourth-order valence-corrected chi connectivity index (χ4v) is 3.37. The molecule has 2 aromatic carbocycles. The standard InChI is InChI=1S/C20H15FN2O2.C7H5BrFNO2/c1-25-20(24)16-12-18(22-13-17(16)21)23-19(14-8-4-2-5-9-14)15-10-6-3-7-11-15;1-12-7(11)4-2-6(8)10-3-5(4)9/h2-13H,1H3;2-3H,1H3. The molecule has 0 N–H and O–H groups in total. The Morgan fingerprint density at radius 3 is 1.70 bits per heavy atom. The van der Waals surface area contributed by atoms with Crippen LogP contribution in [-0.4, -0.2) is 41.8 Å². The van der Waals surface area contributed by atoms with Crippen LogP contribution in [0.3, 0.4) is 0 Å². The highest BCUT2D eigenvalue weighted by Crippen LogP contribution is 2.19. The van der Waals surface area contributed by atoms with E-state index in [2.05, 4.69) is 40.4 Å². The second kappa shape index (κ2) is 13.1. The molecule has 0 unspecified atom stereocenters. The van der Waals surface area contributed by atoms with Crippen molar-refractivity contribution < 1.29 is 27.8 Å². The Kier molecular flexibility index (Phi) is 9.68. The average Bonchev–Trinajstić information content (AvgIpc) is 2.94. The number of hydrogen-bond donors (Lipinski definition) is 0. The minimum Gasteiger partial charge on any atom is -0.465 e. The van der Waals surface area contributed by atoms with Crippen LogP contribution in [-0.2, 0) is 9.47 Å². The van der Waals surface area contributed by atoms with Gasteiger partial charge in [-0.3, -0.25) is 0 Å². The maximum Gasteiger partial charge on any atom is 0.341 e. The Hall–Kier alpha value is -4.31. The number of aromatic nitrogens is 2. The highest BCUT2D eigenvalue weighted by atomic mass is 79.9. The number of benzene rings is 2. The summed E-state index contributed by atoms with van der Waals surface area (Å²) in [6.07, 6.45) is 1.93. The van der Waals surface area contributed by atoms with Gasteiger partial charge in [0.25, 0.3) is 0 Å². The summed E-state index contributed by atoms with van der Waals surface area (Å²) in [5.74, 6) is -2.69. The minimum absolute atomic E-state index is 0.126. The zero-order chi connectivity index (χ0) is 26.8. The van der Waals surface area contributed by atoms with Crippen LogP contribution in [0.1, 0.15) is 31.8 Å². The van der Waals surface area contributed by atoms with E-state index in [4.69, 9.17) is 0 Å². The molecule has 37 heavy (non-hydrogen) atoms. The van der Waals surface area contributed by atoms with Gasteiger partial charge in [0.2, 0.25) is 0 Å². The van der Waals surface area contributed by atoms with Crippen LogP contribution in [0.5, 0.6) is 0 Å². The molecule has 0 radical (unpaired) electrons. The molecule has 188 valence electrons. The SMILES string of the molecule is COC(=O)c1cc(Br)ncc1F.COC(=O)c1cc(N=C(c2ccccc2)c2ccccc2)ncc1F. The van der Waals surface area contributed by atoms with Gasteiger partial charge in [0.1, 0.15) is 10.2 Å². The van der Waals surface area contributed by atoms with Gasteiger partial charge >= 0.3 is 11.9 Å². The predicted octanol–water partition coefficient (Wildman–Crippen LogP) is 5.95. The molecular weight excluding hydrogens is 548 g/mol. The van der Waals surface area contributed by atoms with Crippen molar-refractivity contribution in [2.24, 2.45) is 4.99 Å². The number of pyridine rings is 2. The van der Waals surface area contributed by atoms with Gasteiger partial charge < -0.3 is 9.47 Å². The third-order valence-corrected chi connectivity index (χ3v) is 5.23. The van der Waals surface area contributed by atoms with Crippen molar-refractivity contribution in [2.45, 2.75) is 0 Å². The normalized spacial score (nSPS) is 9.97. The van der Waals surface area contributed by atoms with Gasteiger partial charge in [-0.1, -0.05) is 60.7 Å². The molecule has 0 aliphatic heterocycles. The van der Waals surface area contributed by atoms with Gasteiger partial charge in [0.05, 0.1) is 37.9 Å². The number of halogens is 3. The summed E-state index contributed by atoms with van der Waals surface area (Å²) in [6.45, 7) is 0. The molecule has 4 aromatic rings. The molecule has 0 aliphatic carbocycles. The number of ether oxygens (including phenoxy) is 2. The Balaban J connectivity index is 0.000000266. The summed E-state index contributed by atoms with van der Waals surface area (Å²) < 4.78 is 35.9. The van der Waals surface area contributed by atoms with E-state index in [1.54, 1.807) is 0 Å². The van der Waals surface area contributed by atoms with Crippen molar-refractivity contribution in [1.29, 1.82) is 0 Å². The summed E-state index contributed by atoms with van der Waals surface area (Å²) in [4.78, 5) is 34.7. The minimum atomic E-state index is -0.766. The summed E-state index contributed by atoms with van der Waals surface area (Å²) in [6, 6.07) is 21.7. The molecule has 7 nitrogen and oxygen atoms in total. The van der Waals surface area contributed by atoms with Crippen molar-refractivity contribution in [3.05, 3.63) is 124 Å². The van der Waals surface area contributed by atoms with Crippen LogP contribution < -0.4 is 0 Å². The zero-order valence-corrected chi connectivity index (χ0v) is 21.3. The highest BCUT2D eigenvalue weighted by molar-refractivity contribution is 9.10. The first-order chi connectivity index (χ1) is 17.8. The van der Waals surface area contributed by atoms with Gasteiger partial charge in [-0.15, -0.1) is 0 Å². The molecule has 0 amide bonds. The quantitative estimate of drug-likeness (QED) is 0.168. The molecule has 0 fully saturated rings. The topological polar surface area (TPSA) is 90.7 Å². The Bertz CT molecular complexity index is 1380. The first-order valence-corrected chi connectivity index (χ1v) is 11.5. The number of hydrogen-bond acceptors (Lipinski definition) is 7. The number of carbonyl (C=O) groups is 2. The van der Waals surface area contributed by atoms with Gasteiger partial charge in [0, 0.05) is 17.2 Å². The van der Waals surface area contributed by atoms with Crippen LogP contribution in [0.25, 0.3) is 0 Å². The molecule has 0 saturated heterocycles. The Morgan fingerprint density at radius 2 is 1.22 bits per heavy atom. The second-order valence-corrected chi connectivity index (χ2v) is 8.00. The number of esters is 2. The van der Waals surface area contributed by atoms with Crippen molar-refractivity contribution in [2.75, 3.05) is 14.2 Å². The predicted molar refractivity (Wildman–Crippen MR) is 137 cm³/mol. The molecule has 4 rings (SSSR count). The van der Waals surface area contributed by atoms with E-state index in [-0.39, 0.29) is 16.9 Å². The molecule has 2 aromatic heterocycles. The lowest BCUT2D eigenvalue weighted by Crippen LogP contribution is -2.06. The molecule has 0 spiro atoms. The smallest absolute Gasteiger partial charge is 0.341 e. The van der Waals surface area contributed by atoms with Crippen molar-refractivity contribution in [3.63, 3.8) is 0 Å². The van der Waals surface area contributed by atoms with Crippen molar-refractivity contribution in [3.8, 4) is 0 Å². The zero-order valence-electron chi connectivity index (χ0n) is 19.7. The molecule has 0 atom stereocenters. The number of aliphatic imine (C=N–C) groups is 1. The van der Waals surface area contributed by atoms with Gasteiger partial charge in [-0.2, -0.15) is 0 Å². The summed E-state index contributed by atoms with van der Waals surface area (Å²) in [5.41, 5.74) is 2.13. The van der Waals surface area contributed by atoms with Crippen LogP contribution in [0.4, 0.5) is 14.6 Å². The number of rotatable bonds is 5. The monoisotopic (exact) mass is 567 g/mol. The molecule has 10 heteroatoms. The molecular formula is C27H20BrF2N3O4. The summed E-state index contributed by atoms with van der Waals surface area (Å²) in [5, 5.41) is 0. The van der Waals surface area contributed by atoms with E-state index in [9.17, 15) is 18.4 Å². The fraction of sp³-hybridized carbons (Fsp3) is 0.0741. The van der Waals surface area contributed by atoms with Gasteiger partial charge in [-0.25, -0.2) is 33.3 Å². The van der Waals surface area contributed by atoms with E-state index in [0.29, 0.717) is 10.3 Å². The Morgan fingerprint density at radius 1 is 0.757 bits per heavy atom. The lowest BCUT2D eigenvalue weighted by atomic mass is 10.0. The largest absolute Gasteiger partial charge is 0.465 e. The summed E-state index contributed by atoms with van der Waals surface area (Å²) >= 11 is 3.01. The van der Waals surface area contributed by atoms with Crippen molar-refractivity contribution in [1.82, 2.24) is 9.97 Å². The van der Waals surface area contributed by atoms with E-state index < -0.39 is 23.6 Å². The van der Waals surface area contributed by atoms with E-state index in [1.807, 2.05) is 60.7 Å². The third kappa shape index (κ3) is 7.34. The van der Waals surface area contributed by atoms with Crippen LogP contribution in [0.15, 0.2) is 94.8 Å². The molecule has 0 saturated carbocycles. The number of nitrogens with zero attached hydrogens (tertiary/aromatic N) is 3. The van der Waals surface area contributed by atoms with Crippen LogP contribution in [0.2, 0.25) is 0 Å². The summed E-state index contributed by atoms with van der Waals surface area (Å²) in [7, 11) is 2.39. The van der Waals surface area contributed by atoms with E-state index in [1.165, 1.54) is 26.4 Å². The van der Waals surface area contributed by atoms with Crippen LogP contribution >= 0.6 is 15.9 Å². The van der Waals surface area contributed by atoms with Crippen molar-refractivity contribution >= 4 is 39.4 Å². The molecule has 2 heterocycles. The second-order valence-electron chi connectivity index (χ2n) is 7.18. The molecule has 0 aliphatic rings. The highest BCUT2D eigenvalue weighted by Gasteiger charge is 2.15. The van der Waals surface area contributed by atoms with Crippen LogP contribution in [0, 0.1) is 11.6 Å². The maximum atomic E-state index is 13.8. The fourth-order valence-electron chi connectivity index (χ4n) is 3.04. The first-order valence-electron chi connectivity index (χ1n) is 10.7. The van der Waals surface area contributed by atoms with Gasteiger partial charge in [0.15, 0.2) is 17.5 Å². The van der Waals surface area contributed by atoms with E-state index >= 15 is 0 Å². The van der Waals surface area contributed by atoms with Gasteiger partial charge in [-0.05, 0) is 22.0 Å². The third-order valence-electron chi connectivity index (χ3n) is 4.79. The van der Waals surface area contributed by atoms with E-state index in [0.717, 1.165) is 23.5 Å². The average molecular weight is 568 g/mol. The maximum absolute atomic E-state index is 13.8. The number of methoxy groups -OCH3 is 2. The Labute approximate surface area is 220 Å².